The first-order chi connectivity index (χ1) is 9.69. The van der Waals surface area contributed by atoms with Crippen molar-refractivity contribution in [1.82, 2.24) is 19.7 Å². The SMILES string of the molecule is C=C(C)c1nn(CC2CCCC2)c2nc(NC)ncc12. The van der Waals surface area contributed by atoms with Crippen LogP contribution in [0.5, 0.6) is 0 Å². The first kappa shape index (κ1) is 13.1. The van der Waals surface area contributed by atoms with Crippen LogP contribution in [0.4, 0.5) is 5.95 Å². The summed E-state index contributed by atoms with van der Waals surface area (Å²) in [4.78, 5) is 8.87. The predicted molar refractivity (Wildman–Crippen MR) is 81.5 cm³/mol. The third kappa shape index (κ3) is 2.28. The molecule has 2 aromatic heterocycles. The number of aromatic nitrogens is 4. The second kappa shape index (κ2) is 5.23. The molecule has 0 spiro atoms. The van der Waals surface area contributed by atoms with E-state index in [0.29, 0.717) is 5.95 Å². The van der Waals surface area contributed by atoms with E-state index in [1.165, 1.54) is 25.7 Å². The number of hydrogen-bond donors (Lipinski definition) is 1. The van der Waals surface area contributed by atoms with Crippen LogP contribution in [0.2, 0.25) is 0 Å². The summed E-state index contributed by atoms with van der Waals surface area (Å²) in [5, 5.41) is 8.70. The van der Waals surface area contributed by atoms with Gasteiger partial charge < -0.3 is 5.32 Å². The van der Waals surface area contributed by atoms with Crippen molar-refractivity contribution in [2.75, 3.05) is 12.4 Å². The minimum absolute atomic E-state index is 0.637. The highest BCUT2D eigenvalue weighted by atomic mass is 15.3. The Labute approximate surface area is 119 Å². The van der Waals surface area contributed by atoms with Gasteiger partial charge in [0.05, 0.1) is 11.1 Å². The zero-order valence-electron chi connectivity index (χ0n) is 12.2. The Balaban J connectivity index is 2.06. The summed E-state index contributed by atoms with van der Waals surface area (Å²) in [5.41, 5.74) is 2.79. The maximum Gasteiger partial charge on any atom is 0.224 e. The molecule has 0 radical (unpaired) electrons. The summed E-state index contributed by atoms with van der Waals surface area (Å²) in [6.45, 7) is 6.94. The molecule has 0 atom stereocenters. The van der Waals surface area contributed by atoms with Gasteiger partial charge in [-0.15, -0.1) is 0 Å². The van der Waals surface area contributed by atoms with Crippen molar-refractivity contribution in [3.8, 4) is 0 Å². The van der Waals surface area contributed by atoms with Gasteiger partial charge in [0.25, 0.3) is 0 Å². The third-order valence-electron chi connectivity index (χ3n) is 4.02. The van der Waals surface area contributed by atoms with E-state index in [9.17, 15) is 0 Å². The van der Waals surface area contributed by atoms with Crippen molar-refractivity contribution in [3.63, 3.8) is 0 Å². The zero-order valence-corrected chi connectivity index (χ0v) is 12.2. The van der Waals surface area contributed by atoms with Gasteiger partial charge in [0, 0.05) is 19.8 Å². The molecular formula is C15H21N5. The van der Waals surface area contributed by atoms with Crippen LogP contribution in [-0.4, -0.2) is 26.8 Å². The number of nitrogens with one attached hydrogen (secondary N) is 1. The van der Waals surface area contributed by atoms with Crippen LogP contribution in [0, 0.1) is 5.92 Å². The minimum Gasteiger partial charge on any atom is -0.357 e. The van der Waals surface area contributed by atoms with Crippen LogP contribution < -0.4 is 5.32 Å². The molecule has 1 aliphatic rings. The molecule has 1 aliphatic carbocycles. The van der Waals surface area contributed by atoms with E-state index in [2.05, 4.69) is 21.9 Å². The van der Waals surface area contributed by atoms with Crippen LogP contribution >= 0.6 is 0 Å². The van der Waals surface area contributed by atoms with Crippen molar-refractivity contribution in [2.45, 2.75) is 39.2 Å². The van der Waals surface area contributed by atoms with Gasteiger partial charge >= 0.3 is 0 Å². The molecule has 3 rings (SSSR count). The quantitative estimate of drug-likeness (QED) is 0.928. The fourth-order valence-corrected chi connectivity index (χ4v) is 2.96. The minimum atomic E-state index is 0.637. The zero-order chi connectivity index (χ0) is 14.1. The average molecular weight is 271 g/mol. The molecule has 0 amide bonds. The fraction of sp³-hybridized carbons (Fsp3) is 0.533. The smallest absolute Gasteiger partial charge is 0.224 e. The molecule has 106 valence electrons. The summed E-state index contributed by atoms with van der Waals surface area (Å²) in [6, 6.07) is 0. The number of anilines is 1. The summed E-state index contributed by atoms with van der Waals surface area (Å²) in [6.07, 6.45) is 7.12. The van der Waals surface area contributed by atoms with Crippen LogP contribution in [0.3, 0.4) is 0 Å². The van der Waals surface area contributed by atoms with Crippen molar-refractivity contribution >= 4 is 22.6 Å². The van der Waals surface area contributed by atoms with Crippen LogP contribution in [0.1, 0.15) is 38.3 Å². The van der Waals surface area contributed by atoms with Gasteiger partial charge in [0.2, 0.25) is 5.95 Å². The molecule has 0 aromatic carbocycles. The Morgan fingerprint density at radius 1 is 1.45 bits per heavy atom. The number of rotatable bonds is 4. The maximum atomic E-state index is 4.71. The third-order valence-corrected chi connectivity index (χ3v) is 4.02. The van der Waals surface area contributed by atoms with E-state index in [0.717, 1.165) is 34.8 Å². The molecule has 2 aromatic rings. The summed E-state index contributed by atoms with van der Waals surface area (Å²) >= 11 is 0. The van der Waals surface area contributed by atoms with E-state index in [1.807, 2.05) is 24.9 Å². The number of allylic oxidation sites excluding steroid dienone is 1. The number of hydrogen-bond acceptors (Lipinski definition) is 4. The lowest BCUT2D eigenvalue weighted by Gasteiger charge is -2.09. The normalized spacial score (nSPS) is 15.9. The lowest BCUT2D eigenvalue weighted by molar-refractivity contribution is 0.435. The van der Waals surface area contributed by atoms with Gasteiger partial charge in [0.15, 0.2) is 5.65 Å². The van der Waals surface area contributed by atoms with Gasteiger partial charge in [-0.3, -0.25) is 0 Å². The first-order valence-electron chi connectivity index (χ1n) is 7.26. The molecule has 1 saturated carbocycles. The predicted octanol–water partition coefficient (Wildman–Crippen LogP) is 3.09. The van der Waals surface area contributed by atoms with Gasteiger partial charge in [0.1, 0.15) is 0 Å². The van der Waals surface area contributed by atoms with E-state index >= 15 is 0 Å². The molecule has 0 unspecified atom stereocenters. The van der Waals surface area contributed by atoms with E-state index < -0.39 is 0 Å². The average Bonchev–Trinajstić information content (AvgIpc) is 3.07. The molecule has 2 heterocycles. The van der Waals surface area contributed by atoms with Crippen molar-refractivity contribution in [1.29, 1.82) is 0 Å². The number of fused-ring (bicyclic) bond motifs is 1. The Kier molecular flexibility index (Phi) is 3.42. The molecule has 1 fully saturated rings. The summed E-state index contributed by atoms with van der Waals surface area (Å²) < 4.78 is 2.04. The van der Waals surface area contributed by atoms with Gasteiger partial charge in [-0.05, 0) is 31.3 Å². The van der Waals surface area contributed by atoms with E-state index in [-0.39, 0.29) is 0 Å². The molecule has 20 heavy (non-hydrogen) atoms. The highest BCUT2D eigenvalue weighted by molar-refractivity contribution is 5.87. The molecule has 0 bridgehead atoms. The number of nitrogens with zero attached hydrogens (tertiary/aromatic N) is 4. The Bertz CT molecular complexity index is 637. The van der Waals surface area contributed by atoms with Gasteiger partial charge in [-0.1, -0.05) is 19.4 Å². The van der Waals surface area contributed by atoms with Crippen molar-refractivity contribution in [3.05, 3.63) is 18.5 Å². The van der Waals surface area contributed by atoms with E-state index in [4.69, 9.17) is 5.10 Å². The Morgan fingerprint density at radius 2 is 2.20 bits per heavy atom. The van der Waals surface area contributed by atoms with E-state index in [1.54, 1.807) is 0 Å². The standard InChI is InChI=1S/C15H21N5/c1-10(2)13-12-8-17-15(16-3)18-14(12)20(19-13)9-11-6-4-5-7-11/h8,11H,1,4-7,9H2,2-3H3,(H,16,17,18). The lowest BCUT2D eigenvalue weighted by atomic mass is 10.1. The highest BCUT2D eigenvalue weighted by Crippen LogP contribution is 2.29. The van der Waals surface area contributed by atoms with Crippen LogP contribution in [0.25, 0.3) is 16.6 Å². The summed E-state index contributed by atoms with van der Waals surface area (Å²) in [7, 11) is 1.83. The molecule has 0 aliphatic heterocycles. The second-order valence-electron chi connectivity index (χ2n) is 5.64. The molecule has 0 saturated heterocycles. The van der Waals surface area contributed by atoms with Crippen LogP contribution in [0.15, 0.2) is 12.8 Å². The molecule has 5 nitrogen and oxygen atoms in total. The molecule has 1 N–H and O–H groups in total. The lowest BCUT2D eigenvalue weighted by Crippen LogP contribution is -2.10. The Morgan fingerprint density at radius 3 is 2.85 bits per heavy atom. The monoisotopic (exact) mass is 271 g/mol. The summed E-state index contributed by atoms with van der Waals surface area (Å²) in [5.74, 6) is 1.36. The Hall–Kier alpha value is -1.91. The van der Waals surface area contributed by atoms with Gasteiger partial charge in [-0.2, -0.15) is 10.1 Å². The maximum absolute atomic E-state index is 4.71. The molecular weight excluding hydrogens is 250 g/mol. The largest absolute Gasteiger partial charge is 0.357 e. The topological polar surface area (TPSA) is 55.6 Å². The van der Waals surface area contributed by atoms with Gasteiger partial charge in [-0.25, -0.2) is 9.67 Å². The second-order valence-corrected chi connectivity index (χ2v) is 5.64. The van der Waals surface area contributed by atoms with Crippen molar-refractivity contribution < 1.29 is 0 Å². The molecule has 5 heteroatoms. The first-order valence-corrected chi connectivity index (χ1v) is 7.26. The van der Waals surface area contributed by atoms with Crippen molar-refractivity contribution in [2.24, 2.45) is 5.92 Å². The van der Waals surface area contributed by atoms with Crippen LogP contribution in [-0.2, 0) is 6.54 Å². The fourth-order valence-electron chi connectivity index (χ4n) is 2.96. The highest BCUT2D eigenvalue weighted by Gasteiger charge is 2.20.